The van der Waals surface area contributed by atoms with Crippen molar-refractivity contribution in [3.8, 4) is 5.88 Å². The van der Waals surface area contributed by atoms with Crippen LogP contribution in [0.4, 0.5) is 18.0 Å². The first-order valence-electron chi connectivity index (χ1n) is 6.55. The van der Waals surface area contributed by atoms with Crippen molar-refractivity contribution in [1.29, 1.82) is 0 Å². The van der Waals surface area contributed by atoms with Crippen molar-refractivity contribution in [2.75, 3.05) is 19.7 Å². The van der Waals surface area contributed by atoms with Crippen LogP contribution in [0, 0.1) is 0 Å². The lowest BCUT2D eigenvalue weighted by atomic mass is 10.2. The van der Waals surface area contributed by atoms with Crippen LogP contribution in [0.15, 0.2) is 4.52 Å². The van der Waals surface area contributed by atoms with Crippen LogP contribution in [0.3, 0.4) is 0 Å². The number of alkyl halides is 3. The molecule has 0 spiro atoms. The van der Waals surface area contributed by atoms with Gasteiger partial charge in [-0.25, -0.2) is 4.79 Å². The molecule has 0 saturated carbocycles. The Morgan fingerprint density at radius 3 is 2.61 bits per heavy atom. The molecular formula is C11H13F3N2O6S. The molecule has 1 amide bonds. The Morgan fingerprint density at radius 2 is 2.00 bits per heavy atom. The van der Waals surface area contributed by atoms with E-state index in [4.69, 9.17) is 9.26 Å². The van der Waals surface area contributed by atoms with E-state index in [1.165, 1.54) is 4.90 Å². The molecule has 1 aliphatic rings. The quantitative estimate of drug-likeness (QED) is 0.596. The third-order valence-corrected chi connectivity index (χ3v) is 4.02. The van der Waals surface area contributed by atoms with E-state index in [0.717, 1.165) is 0 Å². The zero-order valence-electron chi connectivity index (χ0n) is 11.9. The second-order valence-corrected chi connectivity index (χ2v) is 6.10. The molecule has 0 bridgehead atoms. The lowest BCUT2D eigenvalue weighted by Crippen LogP contribution is -2.33. The standard InChI is InChI=1S/C11H13F3N2O6S/c1-2-20-10(17)16-5-3-7-8(4-6-16)21-15-9(7)22-23(18,19)11(12,13)14/h2-6H2,1H3. The van der Waals surface area contributed by atoms with Crippen LogP contribution < -0.4 is 4.18 Å². The molecule has 8 nitrogen and oxygen atoms in total. The number of fused-ring (bicyclic) bond motifs is 1. The summed E-state index contributed by atoms with van der Waals surface area (Å²) in [6.07, 6.45) is -0.396. The molecule has 0 fully saturated rings. The molecule has 0 aromatic carbocycles. The molecule has 0 radical (unpaired) electrons. The van der Waals surface area contributed by atoms with Gasteiger partial charge in [-0.1, -0.05) is 0 Å². The number of halogens is 3. The van der Waals surface area contributed by atoms with E-state index in [0.29, 0.717) is 0 Å². The summed E-state index contributed by atoms with van der Waals surface area (Å²) in [5, 5.41) is 3.23. The minimum absolute atomic E-state index is 0.0281. The zero-order chi connectivity index (χ0) is 17.3. The maximum absolute atomic E-state index is 12.3. The Labute approximate surface area is 129 Å². The molecular weight excluding hydrogens is 345 g/mol. The second kappa shape index (κ2) is 6.26. The van der Waals surface area contributed by atoms with Gasteiger partial charge in [0.05, 0.1) is 12.2 Å². The van der Waals surface area contributed by atoms with Crippen LogP contribution in [0.5, 0.6) is 5.88 Å². The molecule has 0 N–H and O–H groups in total. The Bertz CT molecular complexity index is 684. The van der Waals surface area contributed by atoms with E-state index in [2.05, 4.69) is 9.34 Å². The number of rotatable bonds is 3. The monoisotopic (exact) mass is 358 g/mol. The van der Waals surface area contributed by atoms with Gasteiger partial charge in [-0.3, -0.25) is 0 Å². The van der Waals surface area contributed by atoms with Gasteiger partial charge < -0.3 is 18.3 Å². The molecule has 12 heteroatoms. The Kier molecular flexibility index (Phi) is 4.73. The summed E-state index contributed by atoms with van der Waals surface area (Å²) in [5.74, 6) is -0.591. The maximum atomic E-state index is 12.3. The summed E-state index contributed by atoms with van der Waals surface area (Å²) in [6.45, 7) is 2.12. The number of carbonyl (C=O) groups excluding carboxylic acids is 1. The van der Waals surface area contributed by atoms with Gasteiger partial charge in [0.25, 0.3) is 5.88 Å². The van der Waals surface area contributed by atoms with E-state index in [1.54, 1.807) is 6.92 Å². The zero-order valence-corrected chi connectivity index (χ0v) is 12.7. The largest absolute Gasteiger partial charge is 0.534 e. The van der Waals surface area contributed by atoms with Crippen molar-refractivity contribution in [2.24, 2.45) is 0 Å². The average molecular weight is 358 g/mol. The molecule has 1 aromatic rings. The Morgan fingerprint density at radius 1 is 1.35 bits per heavy atom. The molecule has 0 unspecified atom stereocenters. The summed E-state index contributed by atoms with van der Waals surface area (Å²) < 4.78 is 72.8. The second-order valence-electron chi connectivity index (χ2n) is 4.56. The minimum Gasteiger partial charge on any atom is -0.450 e. The lowest BCUT2D eigenvalue weighted by molar-refractivity contribution is -0.0502. The number of carbonyl (C=O) groups is 1. The van der Waals surface area contributed by atoms with Crippen molar-refractivity contribution in [3.63, 3.8) is 0 Å². The fourth-order valence-electron chi connectivity index (χ4n) is 1.98. The third-order valence-electron chi connectivity index (χ3n) is 3.07. The van der Waals surface area contributed by atoms with Crippen molar-refractivity contribution < 1.29 is 39.8 Å². The summed E-state index contributed by atoms with van der Waals surface area (Å²) in [7, 11) is -5.83. The topological polar surface area (TPSA) is 98.9 Å². The van der Waals surface area contributed by atoms with E-state index in [1.807, 2.05) is 0 Å². The summed E-state index contributed by atoms with van der Waals surface area (Å²) in [6, 6.07) is 0. The van der Waals surface area contributed by atoms with Crippen molar-refractivity contribution >= 4 is 16.2 Å². The predicted octanol–water partition coefficient (Wildman–Crippen LogP) is 1.46. The Balaban J connectivity index is 2.16. The number of nitrogens with zero attached hydrogens (tertiary/aromatic N) is 2. The molecule has 23 heavy (non-hydrogen) atoms. The maximum Gasteiger partial charge on any atom is 0.534 e. The van der Waals surface area contributed by atoms with Crippen molar-refractivity contribution in [1.82, 2.24) is 10.1 Å². The summed E-state index contributed by atoms with van der Waals surface area (Å²) >= 11 is 0. The van der Waals surface area contributed by atoms with Crippen LogP contribution in [-0.4, -0.2) is 49.8 Å². The Hall–Kier alpha value is -1.98. The van der Waals surface area contributed by atoms with E-state index >= 15 is 0 Å². The van der Waals surface area contributed by atoms with Gasteiger partial charge in [0.2, 0.25) is 0 Å². The van der Waals surface area contributed by atoms with Gasteiger partial charge in [-0.2, -0.15) is 21.6 Å². The molecule has 0 atom stereocenters. The number of hydrogen-bond donors (Lipinski definition) is 0. The van der Waals surface area contributed by atoms with Crippen LogP contribution in [0.25, 0.3) is 0 Å². The number of amides is 1. The van der Waals surface area contributed by atoms with Crippen molar-refractivity contribution in [3.05, 3.63) is 11.3 Å². The van der Waals surface area contributed by atoms with Crippen molar-refractivity contribution in [2.45, 2.75) is 25.3 Å². The van der Waals surface area contributed by atoms with Gasteiger partial charge in [0.15, 0.2) is 0 Å². The predicted molar refractivity (Wildman–Crippen MR) is 68.1 cm³/mol. The molecule has 1 aliphatic heterocycles. The van der Waals surface area contributed by atoms with Gasteiger partial charge in [-0.15, -0.1) is 0 Å². The van der Waals surface area contributed by atoms with Crippen LogP contribution in [0.2, 0.25) is 0 Å². The number of ether oxygens (including phenoxy) is 1. The highest BCUT2D eigenvalue weighted by atomic mass is 32.2. The van der Waals surface area contributed by atoms with E-state index in [9.17, 15) is 26.4 Å². The van der Waals surface area contributed by atoms with E-state index in [-0.39, 0.29) is 43.9 Å². The van der Waals surface area contributed by atoms with E-state index < -0.39 is 27.6 Å². The first-order chi connectivity index (χ1) is 10.7. The smallest absolute Gasteiger partial charge is 0.450 e. The number of aromatic nitrogens is 1. The fraction of sp³-hybridized carbons (Fsp3) is 0.636. The highest BCUT2D eigenvalue weighted by Crippen LogP contribution is 2.31. The summed E-state index contributed by atoms with van der Waals surface area (Å²) in [5.41, 5.74) is -5.48. The van der Waals surface area contributed by atoms with Crippen LogP contribution >= 0.6 is 0 Å². The third kappa shape index (κ3) is 3.68. The van der Waals surface area contributed by atoms with Gasteiger partial charge in [-0.05, 0) is 18.5 Å². The first-order valence-corrected chi connectivity index (χ1v) is 7.96. The minimum atomic E-state index is -5.83. The highest BCUT2D eigenvalue weighted by molar-refractivity contribution is 7.87. The first kappa shape index (κ1) is 17.4. The van der Waals surface area contributed by atoms with Crippen LogP contribution in [0.1, 0.15) is 18.2 Å². The normalized spacial score (nSPS) is 15.7. The molecule has 2 rings (SSSR count). The average Bonchev–Trinajstić information content (AvgIpc) is 2.68. The number of hydrogen-bond acceptors (Lipinski definition) is 7. The fourth-order valence-corrected chi connectivity index (χ4v) is 2.41. The molecule has 0 saturated heterocycles. The molecule has 1 aromatic heterocycles. The molecule has 0 aliphatic carbocycles. The molecule has 2 heterocycles. The van der Waals surface area contributed by atoms with Crippen LogP contribution in [-0.2, 0) is 27.7 Å². The molecule has 130 valence electrons. The van der Waals surface area contributed by atoms with Gasteiger partial charge in [0.1, 0.15) is 5.76 Å². The SMILES string of the molecule is CCOC(=O)N1CCc2onc(OS(=O)(=O)C(F)(F)F)c2CC1. The van der Waals surface area contributed by atoms with Gasteiger partial charge in [0, 0.05) is 19.5 Å². The lowest BCUT2D eigenvalue weighted by Gasteiger charge is -2.18. The highest BCUT2D eigenvalue weighted by Gasteiger charge is 2.49. The van der Waals surface area contributed by atoms with Gasteiger partial charge >= 0.3 is 21.7 Å². The summed E-state index contributed by atoms with van der Waals surface area (Å²) in [4.78, 5) is 13.0.